The van der Waals surface area contributed by atoms with E-state index in [1.807, 2.05) is 0 Å². The Morgan fingerprint density at radius 3 is 2.05 bits per heavy atom. The second kappa shape index (κ2) is 6.12. The van der Waals surface area contributed by atoms with Crippen molar-refractivity contribution in [2.24, 2.45) is 0 Å². The van der Waals surface area contributed by atoms with Crippen LogP contribution in [0.4, 0.5) is 0 Å². The van der Waals surface area contributed by atoms with Crippen LogP contribution < -0.4 is 0 Å². The predicted octanol–water partition coefficient (Wildman–Crippen LogP) is 1.10. The van der Waals surface area contributed by atoms with Crippen LogP contribution in [0.25, 0.3) is 10.8 Å². The first-order valence-electron chi connectivity index (χ1n) is 5.22. The van der Waals surface area contributed by atoms with E-state index in [4.69, 9.17) is 10.2 Å². The standard InChI is InChI=1S/C12H8O7S.Na/c13-11(14)7-2-3-8-6(5-7)1-4-9(12(15)16)10(8)20(17,18)19;/h1-5H,(H,13,14)(H,15,16)(H,17,18,19);. The minimum Gasteiger partial charge on any atom is -0.478 e. The number of hydrogen-bond acceptors (Lipinski definition) is 4. The first-order chi connectivity index (χ1) is 9.21. The Labute approximate surface area is 141 Å². The molecule has 0 atom stereocenters. The van der Waals surface area contributed by atoms with Crippen LogP contribution in [0.5, 0.6) is 0 Å². The predicted molar refractivity (Wildman–Crippen MR) is 73.4 cm³/mol. The van der Waals surface area contributed by atoms with Crippen molar-refractivity contribution in [3.05, 3.63) is 41.5 Å². The van der Waals surface area contributed by atoms with Gasteiger partial charge in [0.05, 0.1) is 11.1 Å². The van der Waals surface area contributed by atoms with Crippen LogP contribution >= 0.6 is 0 Å². The molecule has 2 aromatic carbocycles. The molecule has 7 nitrogen and oxygen atoms in total. The number of rotatable bonds is 3. The Hall–Kier alpha value is -1.45. The van der Waals surface area contributed by atoms with Gasteiger partial charge in [-0.2, -0.15) is 8.42 Å². The van der Waals surface area contributed by atoms with Crippen molar-refractivity contribution in [3.8, 4) is 0 Å². The van der Waals surface area contributed by atoms with E-state index < -0.39 is 32.5 Å². The Kier molecular flexibility index (Phi) is 5.13. The van der Waals surface area contributed by atoms with Gasteiger partial charge in [0.1, 0.15) is 4.90 Å². The van der Waals surface area contributed by atoms with Gasteiger partial charge in [-0.15, -0.1) is 0 Å². The van der Waals surface area contributed by atoms with Gasteiger partial charge in [-0.25, -0.2) is 9.59 Å². The zero-order valence-electron chi connectivity index (χ0n) is 10.8. The molecule has 9 heteroatoms. The molecule has 0 aliphatic carbocycles. The Morgan fingerprint density at radius 1 is 0.952 bits per heavy atom. The third-order valence-corrected chi connectivity index (χ3v) is 3.66. The second-order valence-electron chi connectivity index (χ2n) is 3.96. The van der Waals surface area contributed by atoms with E-state index >= 15 is 0 Å². The SMILES string of the molecule is O=C(O)c1ccc2c(S(=O)(=O)O)c(C(=O)O)ccc2c1.[Na]. The quantitative estimate of drug-likeness (QED) is 0.570. The van der Waals surface area contributed by atoms with Gasteiger partial charge in [0.2, 0.25) is 0 Å². The third-order valence-electron chi connectivity index (χ3n) is 2.71. The molecule has 0 fully saturated rings. The fraction of sp³-hybridized carbons (Fsp3) is 0. The van der Waals surface area contributed by atoms with Crippen molar-refractivity contribution in [3.63, 3.8) is 0 Å². The molecule has 0 spiro atoms. The van der Waals surface area contributed by atoms with Crippen molar-refractivity contribution < 1.29 is 32.8 Å². The van der Waals surface area contributed by atoms with Crippen molar-refractivity contribution in [2.45, 2.75) is 4.90 Å². The molecule has 0 aliphatic rings. The van der Waals surface area contributed by atoms with E-state index in [0.29, 0.717) is 0 Å². The summed E-state index contributed by atoms with van der Waals surface area (Å²) < 4.78 is 31.9. The molecule has 21 heavy (non-hydrogen) atoms. The number of carboxylic acids is 2. The maximum absolute atomic E-state index is 11.4. The molecule has 3 N–H and O–H groups in total. The van der Waals surface area contributed by atoms with E-state index in [9.17, 15) is 22.6 Å². The Morgan fingerprint density at radius 2 is 1.57 bits per heavy atom. The van der Waals surface area contributed by atoms with E-state index in [2.05, 4.69) is 0 Å². The largest absolute Gasteiger partial charge is 0.478 e. The van der Waals surface area contributed by atoms with Crippen molar-refractivity contribution in [1.29, 1.82) is 0 Å². The number of carbonyl (C=O) groups is 2. The second-order valence-corrected chi connectivity index (χ2v) is 5.32. The van der Waals surface area contributed by atoms with Gasteiger partial charge in [-0.1, -0.05) is 12.1 Å². The van der Waals surface area contributed by atoms with Crippen LogP contribution in [0, 0.1) is 0 Å². The Bertz CT molecular complexity index is 842. The summed E-state index contributed by atoms with van der Waals surface area (Å²) in [4.78, 5) is 21.1. The van der Waals surface area contributed by atoms with Gasteiger partial charge >= 0.3 is 11.9 Å². The molecule has 2 rings (SSSR count). The fourth-order valence-corrected chi connectivity index (χ4v) is 2.78. The van der Waals surface area contributed by atoms with Crippen molar-refractivity contribution in [2.75, 3.05) is 0 Å². The summed E-state index contributed by atoms with van der Waals surface area (Å²) in [5, 5.41) is 18.0. The van der Waals surface area contributed by atoms with E-state index in [1.165, 1.54) is 12.1 Å². The van der Waals surface area contributed by atoms with Crippen molar-refractivity contribution >= 4 is 62.4 Å². The molecule has 105 valence electrons. The summed E-state index contributed by atoms with van der Waals surface area (Å²) in [7, 11) is -4.77. The molecule has 1 radical (unpaired) electrons. The maximum atomic E-state index is 11.4. The fourth-order valence-electron chi connectivity index (χ4n) is 1.88. The monoisotopic (exact) mass is 319 g/mol. The molecule has 0 unspecified atom stereocenters. The molecular weight excluding hydrogens is 311 g/mol. The smallest absolute Gasteiger partial charge is 0.337 e. The van der Waals surface area contributed by atoms with Gasteiger partial charge in [0, 0.05) is 34.9 Å². The van der Waals surface area contributed by atoms with E-state index in [1.54, 1.807) is 0 Å². The van der Waals surface area contributed by atoms with Crippen LogP contribution in [-0.4, -0.2) is 64.7 Å². The van der Waals surface area contributed by atoms with Gasteiger partial charge in [0.25, 0.3) is 10.1 Å². The third kappa shape index (κ3) is 3.42. The summed E-state index contributed by atoms with van der Waals surface area (Å²) in [6, 6.07) is 5.75. The molecular formula is C12H8NaO7S. The zero-order valence-corrected chi connectivity index (χ0v) is 13.6. The number of carboxylic acid groups (broad SMARTS) is 2. The van der Waals surface area contributed by atoms with Crippen LogP contribution in [-0.2, 0) is 10.1 Å². The summed E-state index contributed by atoms with van der Waals surface area (Å²) in [6.45, 7) is 0. The summed E-state index contributed by atoms with van der Waals surface area (Å²) in [5.41, 5.74) is -0.662. The number of hydrogen-bond donors (Lipinski definition) is 3. The van der Waals surface area contributed by atoms with Crippen LogP contribution in [0.3, 0.4) is 0 Å². The van der Waals surface area contributed by atoms with Gasteiger partial charge in [0.15, 0.2) is 0 Å². The summed E-state index contributed by atoms with van der Waals surface area (Å²) in [5.74, 6) is -2.72. The van der Waals surface area contributed by atoms with Gasteiger partial charge in [-0.3, -0.25) is 4.55 Å². The summed E-state index contributed by atoms with van der Waals surface area (Å²) >= 11 is 0. The summed E-state index contributed by atoms with van der Waals surface area (Å²) in [6.07, 6.45) is 0. The maximum Gasteiger partial charge on any atom is 0.337 e. The van der Waals surface area contributed by atoms with Crippen LogP contribution in [0.1, 0.15) is 20.7 Å². The normalized spacial score (nSPS) is 10.9. The van der Waals surface area contributed by atoms with Crippen LogP contribution in [0.15, 0.2) is 35.2 Å². The molecule has 0 bridgehead atoms. The number of benzene rings is 2. The zero-order chi connectivity index (χ0) is 15.1. The molecule has 0 aliphatic heterocycles. The van der Waals surface area contributed by atoms with Crippen LogP contribution in [0.2, 0.25) is 0 Å². The minimum atomic E-state index is -4.77. The number of aromatic carboxylic acids is 2. The molecule has 0 saturated carbocycles. The molecule has 0 saturated heterocycles. The first kappa shape index (κ1) is 17.6. The average Bonchev–Trinajstić information content (AvgIpc) is 2.35. The first-order valence-corrected chi connectivity index (χ1v) is 6.66. The molecule has 2 aromatic rings. The molecule has 0 amide bonds. The van der Waals surface area contributed by atoms with Gasteiger partial charge in [-0.05, 0) is 23.6 Å². The number of fused-ring (bicyclic) bond motifs is 1. The van der Waals surface area contributed by atoms with Crippen molar-refractivity contribution in [1.82, 2.24) is 0 Å². The van der Waals surface area contributed by atoms with Gasteiger partial charge < -0.3 is 10.2 Å². The Balaban J connectivity index is 0.00000220. The molecule has 0 heterocycles. The molecule has 0 aromatic heterocycles. The average molecular weight is 319 g/mol. The topological polar surface area (TPSA) is 129 Å². The van der Waals surface area contributed by atoms with E-state index in [-0.39, 0.29) is 45.9 Å². The van der Waals surface area contributed by atoms with E-state index in [0.717, 1.165) is 18.2 Å². The minimum absolute atomic E-state index is 0.